The average Bonchev–Trinajstić information content (AvgIpc) is 2.71. The van der Waals surface area contributed by atoms with E-state index >= 15 is 0 Å². The quantitative estimate of drug-likeness (QED) is 0.885. The number of aromatic amines is 1. The van der Waals surface area contributed by atoms with Crippen LogP contribution in [0, 0.1) is 20.8 Å². The van der Waals surface area contributed by atoms with Crippen molar-refractivity contribution in [1.29, 1.82) is 0 Å². The maximum Gasteiger partial charge on any atom is 0.263 e. The highest BCUT2D eigenvalue weighted by Gasteiger charge is 2.06. The fraction of sp³-hybridized carbons (Fsp3) is 0.286. The lowest BCUT2D eigenvalue weighted by atomic mass is 10.1. The third kappa shape index (κ3) is 3.84. The molecule has 0 bridgehead atoms. The lowest BCUT2D eigenvalue weighted by Crippen LogP contribution is -2.20. The number of aryl methyl sites for hydroxylation is 3. The first kappa shape index (κ1) is 13.1. The standard InChI is InChI=1S/C14H17N3O2/c1-9-4-10(2)6-12(5-9)19-8-14(18)15-13-7-11(3)16-17-13/h4-7H,8H2,1-3H3,(H2,15,16,17,18). The topological polar surface area (TPSA) is 67.0 Å². The van der Waals surface area contributed by atoms with Crippen molar-refractivity contribution < 1.29 is 9.53 Å². The summed E-state index contributed by atoms with van der Waals surface area (Å²) < 4.78 is 5.46. The Morgan fingerprint density at radius 1 is 1.21 bits per heavy atom. The van der Waals surface area contributed by atoms with Gasteiger partial charge in [-0.2, -0.15) is 5.10 Å². The number of amides is 1. The summed E-state index contributed by atoms with van der Waals surface area (Å²) in [6.45, 7) is 5.82. The lowest BCUT2D eigenvalue weighted by Gasteiger charge is -2.07. The van der Waals surface area contributed by atoms with Crippen molar-refractivity contribution in [3.8, 4) is 5.75 Å². The zero-order chi connectivity index (χ0) is 13.8. The number of anilines is 1. The average molecular weight is 259 g/mol. The monoisotopic (exact) mass is 259 g/mol. The van der Waals surface area contributed by atoms with Crippen LogP contribution < -0.4 is 10.1 Å². The van der Waals surface area contributed by atoms with Gasteiger partial charge in [-0.15, -0.1) is 0 Å². The highest BCUT2D eigenvalue weighted by Crippen LogP contribution is 2.16. The fourth-order valence-electron chi connectivity index (χ4n) is 1.83. The van der Waals surface area contributed by atoms with Crippen molar-refractivity contribution in [2.24, 2.45) is 0 Å². The second-order valence-corrected chi connectivity index (χ2v) is 4.60. The Bertz CT molecular complexity index is 570. The maximum atomic E-state index is 11.7. The van der Waals surface area contributed by atoms with E-state index in [-0.39, 0.29) is 12.5 Å². The molecule has 0 radical (unpaired) electrons. The van der Waals surface area contributed by atoms with E-state index in [9.17, 15) is 4.79 Å². The van der Waals surface area contributed by atoms with Crippen molar-refractivity contribution >= 4 is 11.7 Å². The molecule has 1 aromatic heterocycles. The second-order valence-electron chi connectivity index (χ2n) is 4.60. The molecule has 0 spiro atoms. The van der Waals surface area contributed by atoms with Gasteiger partial charge in [0.1, 0.15) is 5.75 Å². The molecule has 5 heteroatoms. The van der Waals surface area contributed by atoms with Crippen molar-refractivity contribution in [3.05, 3.63) is 41.1 Å². The number of rotatable bonds is 4. The zero-order valence-corrected chi connectivity index (χ0v) is 11.3. The van der Waals surface area contributed by atoms with Gasteiger partial charge >= 0.3 is 0 Å². The predicted molar refractivity (Wildman–Crippen MR) is 73.4 cm³/mol. The first-order chi connectivity index (χ1) is 9.02. The number of carbonyl (C=O) groups is 1. The van der Waals surface area contributed by atoms with Crippen LogP contribution in [0.5, 0.6) is 5.75 Å². The van der Waals surface area contributed by atoms with E-state index in [1.54, 1.807) is 6.07 Å². The minimum absolute atomic E-state index is 0.0329. The predicted octanol–water partition coefficient (Wildman–Crippen LogP) is 2.35. The van der Waals surface area contributed by atoms with Gasteiger partial charge in [-0.05, 0) is 44.0 Å². The smallest absolute Gasteiger partial charge is 0.263 e. The Morgan fingerprint density at radius 2 is 1.89 bits per heavy atom. The summed E-state index contributed by atoms with van der Waals surface area (Å²) in [7, 11) is 0. The Labute approximate surface area is 112 Å². The molecule has 0 atom stereocenters. The maximum absolute atomic E-state index is 11.7. The molecule has 0 aliphatic heterocycles. The fourth-order valence-corrected chi connectivity index (χ4v) is 1.83. The Morgan fingerprint density at radius 3 is 2.47 bits per heavy atom. The van der Waals surface area contributed by atoms with E-state index in [1.165, 1.54) is 0 Å². The van der Waals surface area contributed by atoms with E-state index in [4.69, 9.17) is 4.74 Å². The molecule has 0 aliphatic rings. The number of ether oxygens (including phenoxy) is 1. The van der Waals surface area contributed by atoms with Gasteiger partial charge in [0.2, 0.25) is 0 Å². The lowest BCUT2D eigenvalue weighted by molar-refractivity contribution is -0.118. The van der Waals surface area contributed by atoms with Crippen LogP contribution in [0.15, 0.2) is 24.3 Å². The molecular weight excluding hydrogens is 242 g/mol. The van der Waals surface area contributed by atoms with E-state index in [2.05, 4.69) is 21.6 Å². The number of nitrogens with one attached hydrogen (secondary N) is 2. The molecule has 2 aromatic rings. The third-order valence-electron chi connectivity index (χ3n) is 2.54. The summed E-state index contributed by atoms with van der Waals surface area (Å²) in [5, 5.41) is 9.34. The Kier molecular flexibility index (Phi) is 3.85. The minimum atomic E-state index is -0.231. The van der Waals surface area contributed by atoms with Gasteiger partial charge in [0, 0.05) is 11.8 Å². The number of benzene rings is 1. The highest BCUT2D eigenvalue weighted by molar-refractivity contribution is 5.90. The van der Waals surface area contributed by atoms with Crippen LogP contribution >= 0.6 is 0 Å². The van der Waals surface area contributed by atoms with E-state index < -0.39 is 0 Å². The largest absolute Gasteiger partial charge is 0.484 e. The number of hydrogen-bond acceptors (Lipinski definition) is 3. The molecule has 0 saturated heterocycles. The molecule has 1 amide bonds. The minimum Gasteiger partial charge on any atom is -0.484 e. The van der Waals surface area contributed by atoms with Crippen LogP contribution in [0.4, 0.5) is 5.82 Å². The van der Waals surface area contributed by atoms with Crippen molar-refractivity contribution in [2.75, 3.05) is 11.9 Å². The van der Waals surface area contributed by atoms with E-state index in [0.29, 0.717) is 11.6 Å². The van der Waals surface area contributed by atoms with Crippen LogP contribution in [0.2, 0.25) is 0 Å². The molecule has 100 valence electrons. The number of H-pyrrole nitrogens is 1. The van der Waals surface area contributed by atoms with Crippen LogP contribution in [-0.4, -0.2) is 22.7 Å². The number of aromatic nitrogens is 2. The van der Waals surface area contributed by atoms with Gasteiger partial charge in [0.15, 0.2) is 12.4 Å². The van der Waals surface area contributed by atoms with Gasteiger partial charge in [-0.1, -0.05) is 6.07 Å². The SMILES string of the molecule is Cc1cc(C)cc(OCC(=O)Nc2cc(C)[nH]n2)c1. The highest BCUT2D eigenvalue weighted by atomic mass is 16.5. The first-order valence-corrected chi connectivity index (χ1v) is 6.06. The summed E-state index contributed by atoms with van der Waals surface area (Å²) >= 11 is 0. The van der Waals surface area contributed by atoms with Gasteiger partial charge in [0.05, 0.1) is 0 Å². The number of hydrogen-bond donors (Lipinski definition) is 2. The molecule has 1 heterocycles. The van der Waals surface area contributed by atoms with Crippen LogP contribution in [-0.2, 0) is 4.79 Å². The van der Waals surface area contributed by atoms with Crippen LogP contribution in [0.1, 0.15) is 16.8 Å². The molecular formula is C14H17N3O2. The number of nitrogens with zero attached hydrogens (tertiary/aromatic N) is 1. The van der Waals surface area contributed by atoms with Gasteiger partial charge in [0.25, 0.3) is 5.91 Å². The van der Waals surface area contributed by atoms with Crippen molar-refractivity contribution in [1.82, 2.24) is 10.2 Å². The number of carbonyl (C=O) groups excluding carboxylic acids is 1. The molecule has 2 N–H and O–H groups in total. The van der Waals surface area contributed by atoms with Gasteiger partial charge in [-0.3, -0.25) is 9.89 Å². The molecule has 0 aliphatic carbocycles. The zero-order valence-electron chi connectivity index (χ0n) is 11.3. The van der Waals surface area contributed by atoms with Gasteiger partial charge < -0.3 is 10.1 Å². The van der Waals surface area contributed by atoms with Crippen LogP contribution in [0.3, 0.4) is 0 Å². The van der Waals surface area contributed by atoms with Crippen LogP contribution in [0.25, 0.3) is 0 Å². The molecule has 0 fully saturated rings. The summed E-state index contributed by atoms with van der Waals surface area (Å²) in [6, 6.07) is 7.62. The summed E-state index contributed by atoms with van der Waals surface area (Å²) in [4.78, 5) is 11.7. The summed E-state index contributed by atoms with van der Waals surface area (Å²) in [6.07, 6.45) is 0. The molecule has 19 heavy (non-hydrogen) atoms. The van der Waals surface area contributed by atoms with E-state index in [1.807, 2.05) is 32.9 Å². The molecule has 0 saturated carbocycles. The summed E-state index contributed by atoms with van der Waals surface area (Å²) in [5.41, 5.74) is 3.11. The molecule has 1 aromatic carbocycles. The van der Waals surface area contributed by atoms with Crippen molar-refractivity contribution in [3.63, 3.8) is 0 Å². The summed E-state index contributed by atoms with van der Waals surface area (Å²) in [5.74, 6) is 0.975. The first-order valence-electron chi connectivity index (χ1n) is 6.06. The molecule has 2 rings (SSSR count). The van der Waals surface area contributed by atoms with E-state index in [0.717, 1.165) is 16.8 Å². The Hall–Kier alpha value is -2.30. The van der Waals surface area contributed by atoms with Crippen molar-refractivity contribution in [2.45, 2.75) is 20.8 Å². The molecule has 5 nitrogen and oxygen atoms in total. The second kappa shape index (κ2) is 5.56. The third-order valence-corrected chi connectivity index (χ3v) is 2.54. The Balaban J connectivity index is 1.89. The molecule has 0 unspecified atom stereocenters. The van der Waals surface area contributed by atoms with Gasteiger partial charge in [-0.25, -0.2) is 0 Å². The normalized spacial score (nSPS) is 10.3.